The third-order valence-corrected chi connectivity index (χ3v) is 4.38. The number of benzene rings is 1. The van der Waals surface area contributed by atoms with Gasteiger partial charge in [0.25, 0.3) is 0 Å². The van der Waals surface area contributed by atoms with Crippen LogP contribution in [0.15, 0.2) is 24.3 Å². The van der Waals surface area contributed by atoms with Gasteiger partial charge in [0.1, 0.15) is 12.0 Å². The number of nitrogens with zero attached hydrogens (tertiary/aromatic N) is 2. The number of carbonyl (C=O) groups is 2. The van der Waals surface area contributed by atoms with E-state index in [0.717, 1.165) is 4.90 Å². The second kappa shape index (κ2) is 5.40. The highest BCUT2D eigenvalue weighted by Gasteiger charge is 2.58. The number of amides is 3. The molecule has 1 saturated heterocycles. The van der Waals surface area contributed by atoms with Crippen LogP contribution < -0.4 is 10.6 Å². The summed E-state index contributed by atoms with van der Waals surface area (Å²) in [6, 6.07) is 7.88. The number of anilines is 1. The van der Waals surface area contributed by atoms with Gasteiger partial charge in [-0.2, -0.15) is 18.4 Å². The number of likely N-dealkylation sites (tertiary alicyclic amines) is 1. The minimum Gasteiger partial charge on any atom is -0.329 e. The van der Waals surface area contributed by atoms with Crippen LogP contribution >= 0.6 is 0 Å². The van der Waals surface area contributed by atoms with Crippen molar-refractivity contribution in [3.05, 3.63) is 29.8 Å². The molecule has 2 aliphatic rings. The van der Waals surface area contributed by atoms with Crippen LogP contribution in [0, 0.1) is 17.2 Å². The predicted molar refractivity (Wildman–Crippen MR) is 76.9 cm³/mol. The second-order valence-electron chi connectivity index (χ2n) is 5.81. The molecule has 0 aliphatic carbocycles. The summed E-state index contributed by atoms with van der Waals surface area (Å²) in [5.74, 6) is -1.25. The summed E-state index contributed by atoms with van der Waals surface area (Å²) in [6.45, 7) is -1.71. The molecule has 1 spiro atoms. The molecule has 9 heteroatoms. The summed E-state index contributed by atoms with van der Waals surface area (Å²) in [4.78, 5) is 25.6. The van der Waals surface area contributed by atoms with Gasteiger partial charge in [-0.15, -0.1) is 0 Å². The number of fused-ring (bicyclic) bond motifs is 2. The molecule has 0 bridgehead atoms. The molecule has 6 nitrogen and oxygen atoms in total. The van der Waals surface area contributed by atoms with Crippen molar-refractivity contribution in [3.8, 4) is 6.07 Å². The fourth-order valence-electron chi connectivity index (χ4n) is 3.29. The summed E-state index contributed by atoms with van der Waals surface area (Å²) in [6.07, 6.45) is -4.53. The van der Waals surface area contributed by atoms with Crippen molar-refractivity contribution in [2.75, 3.05) is 25.0 Å². The van der Waals surface area contributed by atoms with Crippen molar-refractivity contribution in [1.82, 2.24) is 10.2 Å². The molecule has 2 N–H and O–H groups in total. The average Bonchev–Trinajstić information content (AvgIpc) is 3.05. The van der Waals surface area contributed by atoms with Gasteiger partial charge in [-0.25, -0.2) is 4.79 Å². The number of rotatable bonds is 1. The van der Waals surface area contributed by atoms with Gasteiger partial charge in [-0.05, 0) is 11.6 Å². The zero-order valence-corrected chi connectivity index (χ0v) is 12.4. The Morgan fingerprint density at radius 1 is 1.46 bits per heavy atom. The zero-order valence-electron chi connectivity index (χ0n) is 12.4. The minimum absolute atomic E-state index is 0.109. The molecule has 1 aromatic carbocycles. The lowest BCUT2D eigenvalue weighted by Gasteiger charge is -2.24. The maximum Gasteiger partial charge on any atom is 0.405 e. The van der Waals surface area contributed by atoms with E-state index in [9.17, 15) is 28.0 Å². The number of alkyl halides is 3. The molecule has 2 heterocycles. The normalized spacial score (nSPS) is 25.3. The molecule has 0 radical (unpaired) electrons. The first kappa shape index (κ1) is 16.1. The molecule has 1 aromatic rings. The van der Waals surface area contributed by atoms with Crippen molar-refractivity contribution in [2.24, 2.45) is 5.92 Å². The van der Waals surface area contributed by atoms with Crippen LogP contribution in [0.2, 0.25) is 0 Å². The highest BCUT2D eigenvalue weighted by Crippen LogP contribution is 2.47. The maximum atomic E-state index is 12.5. The first-order valence-electron chi connectivity index (χ1n) is 7.18. The number of nitriles is 1. The second-order valence-corrected chi connectivity index (χ2v) is 5.81. The number of halogens is 3. The molecule has 24 heavy (non-hydrogen) atoms. The zero-order chi connectivity index (χ0) is 17.5. The Morgan fingerprint density at radius 3 is 2.83 bits per heavy atom. The Bertz CT molecular complexity index is 743. The Morgan fingerprint density at radius 2 is 2.17 bits per heavy atom. The van der Waals surface area contributed by atoms with E-state index < -0.39 is 36.0 Å². The quantitative estimate of drug-likeness (QED) is 0.816. The molecule has 0 saturated carbocycles. The van der Waals surface area contributed by atoms with Gasteiger partial charge in [-0.1, -0.05) is 18.2 Å². The largest absolute Gasteiger partial charge is 0.405 e. The number of hydrogen-bond acceptors (Lipinski definition) is 3. The lowest BCUT2D eigenvalue weighted by Crippen LogP contribution is -2.45. The van der Waals surface area contributed by atoms with Gasteiger partial charge < -0.3 is 15.5 Å². The van der Waals surface area contributed by atoms with Crippen LogP contribution in [-0.4, -0.2) is 42.6 Å². The standard InChI is InChI=1S/C15H13F3N4O2/c16-15(17,18)7-20-13(24)22-6-9(5-19)14(8-22)10-3-1-2-4-11(10)21-12(14)23/h1-4,9H,6-8H2,(H,20,24)(H,21,23)/t9-,14-/m1/s1. The van der Waals surface area contributed by atoms with E-state index in [1.165, 1.54) is 0 Å². The average molecular weight is 338 g/mol. The van der Waals surface area contributed by atoms with Crippen LogP contribution in [-0.2, 0) is 10.2 Å². The Labute approximate surface area is 135 Å². The van der Waals surface area contributed by atoms with E-state index in [1.807, 2.05) is 6.07 Å². The Kier molecular flexibility index (Phi) is 3.63. The molecule has 0 aromatic heterocycles. The maximum absolute atomic E-state index is 12.5. The molecule has 0 unspecified atom stereocenters. The van der Waals surface area contributed by atoms with Crippen LogP contribution in [0.25, 0.3) is 0 Å². The number of hydrogen-bond donors (Lipinski definition) is 2. The molecular formula is C15H13F3N4O2. The third kappa shape index (κ3) is 2.44. The first-order chi connectivity index (χ1) is 11.3. The lowest BCUT2D eigenvalue weighted by atomic mass is 9.74. The van der Waals surface area contributed by atoms with Gasteiger partial charge in [0, 0.05) is 18.8 Å². The smallest absolute Gasteiger partial charge is 0.329 e. The summed E-state index contributed by atoms with van der Waals surface area (Å²) in [5.41, 5.74) is -0.103. The minimum atomic E-state index is -4.53. The van der Waals surface area contributed by atoms with Crippen LogP contribution in [0.1, 0.15) is 5.56 Å². The molecule has 3 amide bonds. The number of carbonyl (C=O) groups excluding carboxylic acids is 2. The van der Waals surface area contributed by atoms with Gasteiger partial charge in [-0.3, -0.25) is 4.79 Å². The van der Waals surface area contributed by atoms with E-state index in [1.54, 1.807) is 29.6 Å². The summed E-state index contributed by atoms with van der Waals surface area (Å²) < 4.78 is 36.7. The summed E-state index contributed by atoms with van der Waals surface area (Å²) in [5, 5.41) is 13.9. The van der Waals surface area contributed by atoms with Crippen LogP contribution in [0.5, 0.6) is 0 Å². The highest BCUT2D eigenvalue weighted by atomic mass is 19.4. The predicted octanol–water partition coefficient (Wildman–Crippen LogP) is 1.60. The van der Waals surface area contributed by atoms with Crippen molar-refractivity contribution in [1.29, 1.82) is 5.26 Å². The molecule has 1 fully saturated rings. The fourth-order valence-corrected chi connectivity index (χ4v) is 3.29. The summed E-state index contributed by atoms with van der Waals surface area (Å²) in [7, 11) is 0. The monoisotopic (exact) mass is 338 g/mol. The van der Waals surface area contributed by atoms with E-state index in [0.29, 0.717) is 11.3 Å². The van der Waals surface area contributed by atoms with E-state index in [2.05, 4.69) is 5.32 Å². The Hall–Kier alpha value is -2.76. The fraction of sp³-hybridized carbons (Fsp3) is 0.400. The number of para-hydroxylation sites is 1. The number of urea groups is 1. The molecule has 126 valence electrons. The van der Waals surface area contributed by atoms with Crippen molar-refractivity contribution >= 4 is 17.6 Å². The van der Waals surface area contributed by atoms with Gasteiger partial charge in [0.15, 0.2) is 0 Å². The van der Waals surface area contributed by atoms with Crippen molar-refractivity contribution in [3.63, 3.8) is 0 Å². The van der Waals surface area contributed by atoms with Crippen molar-refractivity contribution < 1.29 is 22.8 Å². The van der Waals surface area contributed by atoms with Gasteiger partial charge in [0.05, 0.1) is 12.0 Å². The SMILES string of the molecule is N#C[C@@H]1CN(C(=O)NCC(F)(F)F)C[C@@]12C(=O)Nc1ccccc12. The molecule has 2 atom stereocenters. The summed E-state index contributed by atoms with van der Waals surface area (Å²) >= 11 is 0. The van der Waals surface area contributed by atoms with E-state index in [-0.39, 0.29) is 13.1 Å². The molecule has 3 rings (SSSR count). The molecular weight excluding hydrogens is 325 g/mol. The van der Waals surface area contributed by atoms with E-state index in [4.69, 9.17) is 0 Å². The van der Waals surface area contributed by atoms with E-state index >= 15 is 0 Å². The van der Waals surface area contributed by atoms with Crippen LogP contribution in [0.3, 0.4) is 0 Å². The van der Waals surface area contributed by atoms with Gasteiger partial charge in [0.2, 0.25) is 5.91 Å². The van der Waals surface area contributed by atoms with Gasteiger partial charge >= 0.3 is 12.2 Å². The third-order valence-electron chi connectivity index (χ3n) is 4.38. The Balaban J connectivity index is 1.87. The topological polar surface area (TPSA) is 85.2 Å². The van der Waals surface area contributed by atoms with Crippen LogP contribution in [0.4, 0.5) is 23.7 Å². The van der Waals surface area contributed by atoms with Crippen molar-refractivity contribution in [2.45, 2.75) is 11.6 Å². The lowest BCUT2D eigenvalue weighted by molar-refractivity contribution is -0.123. The highest BCUT2D eigenvalue weighted by molar-refractivity contribution is 6.07. The first-order valence-corrected chi connectivity index (χ1v) is 7.18. The molecule has 2 aliphatic heterocycles. The number of nitrogens with one attached hydrogen (secondary N) is 2.